The summed E-state index contributed by atoms with van der Waals surface area (Å²) in [6, 6.07) is 0. The zero-order valence-corrected chi connectivity index (χ0v) is 10.7. The minimum atomic E-state index is -4.06. The monoisotopic (exact) mass is 276 g/mol. The van der Waals surface area contributed by atoms with Crippen LogP contribution in [0, 0.1) is 5.92 Å². The van der Waals surface area contributed by atoms with E-state index < -0.39 is 12.1 Å². The van der Waals surface area contributed by atoms with Crippen molar-refractivity contribution in [1.29, 1.82) is 0 Å². The number of hydrogen-bond acceptors (Lipinski definition) is 3. The molecule has 1 fully saturated rings. The maximum absolute atomic E-state index is 12.6. The van der Waals surface area contributed by atoms with Gasteiger partial charge in [0.15, 0.2) is 5.89 Å². The van der Waals surface area contributed by atoms with Gasteiger partial charge < -0.3 is 10.2 Å². The summed E-state index contributed by atoms with van der Waals surface area (Å²) in [6.45, 7) is 0.578. The van der Waals surface area contributed by atoms with Crippen LogP contribution in [0.1, 0.15) is 49.7 Å². The molecule has 0 atom stereocenters. The zero-order chi connectivity index (χ0) is 13.9. The summed E-state index contributed by atoms with van der Waals surface area (Å²) in [6.07, 6.45) is 0.518. The Morgan fingerprint density at radius 1 is 1.26 bits per heavy atom. The normalized spacial score (nSPS) is 24.6. The lowest BCUT2D eigenvalue weighted by Crippen LogP contribution is -2.27. The fraction of sp³-hybridized carbons (Fsp3) is 0.769. The molecule has 1 heterocycles. The molecule has 0 saturated heterocycles. The van der Waals surface area contributed by atoms with E-state index in [-0.39, 0.29) is 18.8 Å². The van der Waals surface area contributed by atoms with Gasteiger partial charge in [0.05, 0.1) is 12.1 Å². The summed E-state index contributed by atoms with van der Waals surface area (Å²) in [4.78, 5) is 4.15. The van der Waals surface area contributed by atoms with Gasteiger partial charge in [0.1, 0.15) is 5.76 Å². The van der Waals surface area contributed by atoms with E-state index in [4.69, 9.17) is 10.2 Å². The first-order valence-electron chi connectivity index (χ1n) is 6.72. The molecule has 0 bridgehead atoms. The molecule has 6 heteroatoms. The van der Waals surface area contributed by atoms with Crippen LogP contribution in [-0.2, 0) is 6.42 Å². The molecule has 1 aliphatic rings. The van der Waals surface area contributed by atoms with Crippen LogP contribution in [0.4, 0.5) is 13.2 Å². The molecule has 2 rings (SSSR count). The minimum Gasteiger partial charge on any atom is -0.445 e. The number of oxazole rings is 1. The van der Waals surface area contributed by atoms with Gasteiger partial charge in [-0.1, -0.05) is 0 Å². The Kier molecular flexibility index (Phi) is 4.50. The number of halogens is 3. The van der Waals surface area contributed by atoms with Crippen molar-refractivity contribution >= 4 is 0 Å². The van der Waals surface area contributed by atoms with E-state index in [1.54, 1.807) is 6.20 Å². The fourth-order valence-corrected chi connectivity index (χ4v) is 2.59. The highest BCUT2D eigenvalue weighted by molar-refractivity contribution is 5.04. The van der Waals surface area contributed by atoms with Crippen LogP contribution in [0.2, 0.25) is 0 Å². The van der Waals surface area contributed by atoms with Gasteiger partial charge in [0.25, 0.3) is 0 Å². The summed E-state index contributed by atoms with van der Waals surface area (Å²) in [5, 5.41) is 0. The molecule has 108 valence electrons. The van der Waals surface area contributed by atoms with Gasteiger partial charge in [0.2, 0.25) is 0 Å². The number of aromatic nitrogens is 1. The van der Waals surface area contributed by atoms with E-state index in [9.17, 15) is 13.2 Å². The fourth-order valence-electron chi connectivity index (χ4n) is 2.59. The number of hydrogen-bond donors (Lipinski definition) is 1. The molecule has 2 N–H and O–H groups in total. The van der Waals surface area contributed by atoms with Crippen molar-refractivity contribution in [3.63, 3.8) is 0 Å². The third-order valence-corrected chi connectivity index (χ3v) is 3.76. The number of nitrogens with two attached hydrogens (primary N) is 1. The average Bonchev–Trinajstić information content (AvgIpc) is 2.84. The number of aryl methyl sites for hydroxylation is 1. The molecule has 0 amide bonds. The first-order chi connectivity index (χ1) is 9.00. The first kappa shape index (κ1) is 14.4. The maximum Gasteiger partial charge on any atom is 0.391 e. The molecule has 1 aromatic heterocycles. The van der Waals surface area contributed by atoms with Gasteiger partial charge in [-0.15, -0.1) is 0 Å². The molecule has 0 aliphatic heterocycles. The summed E-state index contributed by atoms with van der Waals surface area (Å²) in [5.41, 5.74) is 5.41. The van der Waals surface area contributed by atoms with Crippen molar-refractivity contribution in [2.45, 2.75) is 50.6 Å². The molecular formula is C13H19F3N2O. The molecule has 0 unspecified atom stereocenters. The Balaban J connectivity index is 1.89. The third-order valence-electron chi connectivity index (χ3n) is 3.76. The van der Waals surface area contributed by atoms with Crippen LogP contribution < -0.4 is 5.73 Å². The van der Waals surface area contributed by atoms with E-state index in [0.29, 0.717) is 31.7 Å². The molecule has 1 aromatic rings. The SMILES string of the molecule is NCCCc1ncc(C2CCC(C(F)(F)F)CC2)o1. The highest BCUT2D eigenvalue weighted by Gasteiger charge is 2.42. The lowest BCUT2D eigenvalue weighted by Gasteiger charge is -2.28. The largest absolute Gasteiger partial charge is 0.445 e. The van der Waals surface area contributed by atoms with Crippen molar-refractivity contribution in [3.8, 4) is 0 Å². The Bertz CT molecular complexity index is 395. The van der Waals surface area contributed by atoms with Crippen LogP contribution in [0.25, 0.3) is 0 Å². The van der Waals surface area contributed by atoms with E-state index in [1.165, 1.54) is 0 Å². The van der Waals surface area contributed by atoms with Crippen molar-refractivity contribution in [3.05, 3.63) is 17.8 Å². The molecule has 3 nitrogen and oxygen atoms in total. The highest BCUT2D eigenvalue weighted by atomic mass is 19.4. The molecule has 0 spiro atoms. The smallest absolute Gasteiger partial charge is 0.391 e. The van der Waals surface area contributed by atoms with Gasteiger partial charge in [-0.05, 0) is 38.6 Å². The Morgan fingerprint density at radius 2 is 1.95 bits per heavy atom. The predicted molar refractivity (Wildman–Crippen MR) is 64.6 cm³/mol. The van der Waals surface area contributed by atoms with E-state index in [2.05, 4.69) is 4.98 Å². The third kappa shape index (κ3) is 3.72. The maximum atomic E-state index is 12.6. The minimum absolute atomic E-state index is 0.0812. The van der Waals surface area contributed by atoms with E-state index in [1.807, 2.05) is 0 Å². The molecule has 19 heavy (non-hydrogen) atoms. The van der Waals surface area contributed by atoms with Crippen LogP contribution in [0.3, 0.4) is 0 Å². The summed E-state index contributed by atoms with van der Waals surface area (Å²) in [5.74, 6) is 0.298. The quantitative estimate of drug-likeness (QED) is 0.917. The van der Waals surface area contributed by atoms with Gasteiger partial charge in [-0.3, -0.25) is 0 Å². The summed E-state index contributed by atoms with van der Waals surface area (Å²) in [7, 11) is 0. The van der Waals surface area contributed by atoms with Crippen molar-refractivity contribution in [2.24, 2.45) is 11.7 Å². The van der Waals surface area contributed by atoms with Crippen LogP contribution in [0.15, 0.2) is 10.6 Å². The average molecular weight is 276 g/mol. The lowest BCUT2D eigenvalue weighted by molar-refractivity contribution is -0.182. The second kappa shape index (κ2) is 5.94. The molecule has 0 aromatic carbocycles. The van der Waals surface area contributed by atoms with Crippen molar-refractivity contribution in [2.75, 3.05) is 6.54 Å². The number of nitrogens with zero attached hydrogens (tertiary/aromatic N) is 1. The lowest BCUT2D eigenvalue weighted by atomic mass is 9.81. The topological polar surface area (TPSA) is 52.0 Å². The predicted octanol–water partition coefficient (Wildman–Crippen LogP) is 3.40. The summed E-state index contributed by atoms with van der Waals surface area (Å²) < 4.78 is 43.3. The van der Waals surface area contributed by atoms with Crippen molar-refractivity contribution < 1.29 is 17.6 Å². The summed E-state index contributed by atoms with van der Waals surface area (Å²) >= 11 is 0. The van der Waals surface area contributed by atoms with Crippen LogP contribution in [-0.4, -0.2) is 17.7 Å². The van der Waals surface area contributed by atoms with Gasteiger partial charge in [-0.2, -0.15) is 13.2 Å². The Labute approximate surface area is 110 Å². The van der Waals surface area contributed by atoms with E-state index in [0.717, 1.165) is 12.2 Å². The standard InChI is InChI=1S/C13H19F3N2O/c14-13(15,16)10-5-3-9(4-6-10)11-8-18-12(19-11)2-1-7-17/h8-10H,1-7,17H2. The van der Waals surface area contributed by atoms with Crippen LogP contribution >= 0.6 is 0 Å². The number of alkyl halides is 3. The molecule has 1 aliphatic carbocycles. The Hall–Kier alpha value is -1.04. The van der Waals surface area contributed by atoms with Gasteiger partial charge in [0, 0.05) is 12.3 Å². The first-order valence-corrected chi connectivity index (χ1v) is 6.72. The zero-order valence-electron chi connectivity index (χ0n) is 10.7. The second-order valence-electron chi connectivity index (χ2n) is 5.14. The number of rotatable bonds is 4. The Morgan fingerprint density at radius 3 is 2.53 bits per heavy atom. The van der Waals surface area contributed by atoms with Gasteiger partial charge in [-0.25, -0.2) is 4.98 Å². The van der Waals surface area contributed by atoms with E-state index >= 15 is 0 Å². The molecule has 0 radical (unpaired) electrons. The van der Waals surface area contributed by atoms with Crippen molar-refractivity contribution in [1.82, 2.24) is 4.98 Å². The second-order valence-corrected chi connectivity index (χ2v) is 5.14. The highest BCUT2D eigenvalue weighted by Crippen LogP contribution is 2.42. The molecular weight excluding hydrogens is 257 g/mol. The van der Waals surface area contributed by atoms with Crippen LogP contribution in [0.5, 0.6) is 0 Å². The van der Waals surface area contributed by atoms with Gasteiger partial charge >= 0.3 is 6.18 Å². The molecule has 1 saturated carbocycles.